The number of aliphatic carboxylic acids is 1. The molecule has 5 nitrogen and oxygen atoms in total. The lowest BCUT2D eigenvalue weighted by molar-refractivity contribution is -0.164. The number of carboxylic acid groups (broad SMARTS) is 1. The van der Waals surface area contributed by atoms with Crippen LogP contribution in [0.15, 0.2) is 30.3 Å². The number of rotatable bonds is 9. The van der Waals surface area contributed by atoms with Crippen LogP contribution in [0.2, 0.25) is 0 Å². The van der Waals surface area contributed by atoms with E-state index in [1.165, 1.54) is 0 Å². The summed E-state index contributed by atoms with van der Waals surface area (Å²) in [5, 5.41) is 9.76. The van der Waals surface area contributed by atoms with Gasteiger partial charge in [-0.2, -0.15) is 0 Å². The molecule has 0 saturated heterocycles. The number of benzene rings is 1. The molecule has 5 heteroatoms. The van der Waals surface area contributed by atoms with Gasteiger partial charge in [0.2, 0.25) is 0 Å². The van der Waals surface area contributed by atoms with Crippen LogP contribution in [0.25, 0.3) is 0 Å². The Morgan fingerprint density at radius 1 is 1.15 bits per heavy atom. The van der Waals surface area contributed by atoms with Gasteiger partial charge in [0.1, 0.15) is 5.60 Å². The van der Waals surface area contributed by atoms with Gasteiger partial charge in [0.05, 0.1) is 17.9 Å². The molecule has 1 atom stereocenters. The third-order valence-corrected chi connectivity index (χ3v) is 5.11. The van der Waals surface area contributed by atoms with Crippen molar-refractivity contribution in [1.82, 2.24) is 0 Å². The fourth-order valence-corrected chi connectivity index (χ4v) is 3.71. The number of carbonyl (C=O) groups is 2. The predicted molar refractivity (Wildman–Crippen MR) is 103 cm³/mol. The summed E-state index contributed by atoms with van der Waals surface area (Å²) in [6.45, 7) is 6.36. The van der Waals surface area contributed by atoms with Gasteiger partial charge in [-0.25, -0.2) is 0 Å². The molecule has 1 N–H and O–H groups in total. The Morgan fingerprint density at radius 3 is 2.33 bits per heavy atom. The number of hydrogen-bond donors (Lipinski definition) is 1. The molecule has 1 aliphatic carbocycles. The molecule has 0 aliphatic heterocycles. The minimum atomic E-state index is -0.805. The van der Waals surface area contributed by atoms with Crippen molar-refractivity contribution in [3.63, 3.8) is 0 Å². The van der Waals surface area contributed by atoms with Gasteiger partial charge in [-0.3, -0.25) is 9.59 Å². The van der Waals surface area contributed by atoms with Crippen LogP contribution in [-0.2, 0) is 25.7 Å². The van der Waals surface area contributed by atoms with Crippen molar-refractivity contribution in [3.05, 3.63) is 35.9 Å². The molecule has 1 fully saturated rings. The lowest BCUT2D eigenvalue weighted by Gasteiger charge is -2.30. The van der Waals surface area contributed by atoms with Gasteiger partial charge in [0, 0.05) is 6.61 Å². The Morgan fingerprint density at radius 2 is 1.78 bits per heavy atom. The summed E-state index contributed by atoms with van der Waals surface area (Å²) in [5.41, 5.74) is -0.322. The van der Waals surface area contributed by atoms with Gasteiger partial charge in [-0.15, -0.1) is 0 Å². The fraction of sp³-hybridized carbons (Fsp3) is 0.636. The summed E-state index contributed by atoms with van der Waals surface area (Å²) >= 11 is 0. The molecule has 1 aromatic rings. The molecule has 0 heterocycles. The zero-order valence-corrected chi connectivity index (χ0v) is 16.7. The molecular formula is C22H32O5. The number of esters is 1. The number of ether oxygens (including phenoxy) is 2. The van der Waals surface area contributed by atoms with E-state index in [1.807, 2.05) is 51.1 Å². The molecule has 0 amide bonds. The average molecular weight is 376 g/mol. The maximum atomic E-state index is 12.7. The van der Waals surface area contributed by atoms with Gasteiger partial charge >= 0.3 is 11.9 Å². The smallest absolute Gasteiger partial charge is 0.309 e. The Labute approximate surface area is 162 Å². The Kier molecular flexibility index (Phi) is 7.42. The SMILES string of the molecule is CC(C)(C)OC(=O)C(CCOCc1ccccc1)CC1(C(=O)O)CCCC1. The summed E-state index contributed by atoms with van der Waals surface area (Å²) in [4.78, 5) is 24.6. The first-order valence-electron chi connectivity index (χ1n) is 9.80. The van der Waals surface area contributed by atoms with Gasteiger partial charge < -0.3 is 14.6 Å². The van der Waals surface area contributed by atoms with Crippen LogP contribution in [0.4, 0.5) is 0 Å². The normalized spacial score (nSPS) is 17.4. The molecule has 0 radical (unpaired) electrons. The highest BCUT2D eigenvalue weighted by Crippen LogP contribution is 2.44. The van der Waals surface area contributed by atoms with E-state index >= 15 is 0 Å². The molecule has 1 saturated carbocycles. The van der Waals surface area contributed by atoms with Crippen LogP contribution in [0.3, 0.4) is 0 Å². The number of carbonyl (C=O) groups excluding carboxylic acids is 1. The van der Waals surface area contributed by atoms with Crippen LogP contribution in [0, 0.1) is 11.3 Å². The lowest BCUT2D eigenvalue weighted by Crippen LogP contribution is -2.36. The molecular weight excluding hydrogens is 344 g/mol. The highest BCUT2D eigenvalue weighted by Gasteiger charge is 2.44. The third-order valence-electron chi connectivity index (χ3n) is 5.11. The standard InChI is InChI=1S/C22H32O5/c1-21(2,3)27-19(23)18(15-22(20(24)25)12-7-8-13-22)11-14-26-16-17-9-5-4-6-10-17/h4-6,9-10,18H,7-8,11-16H2,1-3H3,(H,24,25). The highest BCUT2D eigenvalue weighted by molar-refractivity contribution is 5.78. The Bertz CT molecular complexity index is 611. The van der Waals surface area contributed by atoms with Crippen LogP contribution < -0.4 is 0 Å². The summed E-state index contributed by atoms with van der Waals surface area (Å²) in [6.07, 6.45) is 3.86. The van der Waals surface area contributed by atoms with Crippen molar-refractivity contribution in [3.8, 4) is 0 Å². The molecule has 1 aromatic carbocycles. The van der Waals surface area contributed by atoms with E-state index in [0.717, 1.165) is 18.4 Å². The largest absolute Gasteiger partial charge is 0.481 e. The molecule has 1 unspecified atom stereocenters. The molecule has 1 aliphatic rings. The molecule has 0 aromatic heterocycles. The summed E-state index contributed by atoms with van der Waals surface area (Å²) in [5.74, 6) is -1.58. The quantitative estimate of drug-likeness (QED) is 0.504. The van der Waals surface area contributed by atoms with Gasteiger partial charge in [0.15, 0.2) is 0 Å². The van der Waals surface area contributed by atoms with E-state index < -0.39 is 22.9 Å². The fourth-order valence-electron chi connectivity index (χ4n) is 3.71. The van der Waals surface area contributed by atoms with Gasteiger partial charge in [0.25, 0.3) is 0 Å². The highest BCUT2D eigenvalue weighted by atomic mass is 16.6. The Hall–Kier alpha value is -1.88. The Balaban J connectivity index is 1.98. The van der Waals surface area contributed by atoms with E-state index in [9.17, 15) is 14.7 Å². The molecule has 150 valence electrons. The minimum Gasteiger partial charge on any atom is -0.481 e. The van der Waals surface area contributed by atoms with E-state index in [2.05, 4.69) is 0 Å². The van der Waals surface area contributed by atoms with E-state index in [1.54, 1.807) is 0 Å². The predicted octanol–water partition coefficient (Wildman–Crippen LogP) is 4.59. The topological polar surface area (TPSA) is 72.8 Å². The van der Waals surface area contributed by atoms with E-state index in [-0.39, 0.29) is 5.97 Å². The maximum Gasteiger partial charge on any atom is 0.309 e. The summed E-state index contributed by atoms with van der Waals surface area (Å²) in [7, 11) is 0. The second kappa shape index (κ2) is 9.36. The first-order chi connectivity index (χ1) is 12.7. The van der Waals surface area contributed by atoms with Crippen LogP contribution in [-0.4, -0.2) is 29.3 Å². The molecule has 0 bridgehead atoms. The van der Waals surface area contributed by atoms with Crippen molar-refractivity contribution in [1.29, 1.82) is 0 Å². The first kappa shape index (κ1) is 21.4. The minimum absolute atomic E-state index is 0.321. The van der Waals surface area contributed by atoms with Crippen molar-refractivity contribution >= 4 is 11.9 Å². The van der Waals surface area contributed by atoms with Crippen molar-refractivity contribution in [2.45, 2.75) is 71.5 Å². The third kappa shape index (κ3) is 6.65. The van der Waals surface area contributed by atoms with Crippen molar-refractivity contribution in [2.75, 3.05) is 6.61 Å². The average Bonchev–Trinajstić information content (AvgIpc) is 3.07. The van der Waals surface area contributed by atoms with E-state index in [4.69, 9.17) is 9.47 Å². The first-order valence-corrected chi connectivity index (χ1v) is 9.80. The van der Waals surface area contributed by atoms with E-state index in [0.29, 0.717) is 38.9 Å². The number of hydrogen-bond acceptors (Lipinski definition) is 4. The van der Waals surface area contributed by atoms with Gasteiger partial charge in [-0.1, -0.05) is 43.2 Å². The van der Waals surface area contributed by atoms with Crippen molar-refractivity contribution in [2.24, 2.45) is 11.3 Å². The zero-order chi connectivity index (χ0) is 19.9. The summed E-state index contributed by atoms with van der Waals surface area (Å²) < 4.78 is 11.3. The van der Waals surface area contributed by atoms with Crippen LogP contribution in [0.5, 0.6) is 0 Å². The molecule has 2 rings (SSSR count). The van der Waals surface area contributed by atoms with Gasteiger partial charge in [-0.05, 0) is 52.0 Å². The maximum absolute atomic E-state index is 12.7. The van der Waals surface area contributed by atoms with Crippen LogP contribution in [0.1, 0.15) is 64.9 Å². The summed E-state index contributed by atoms with van der Waals surface area (Å²) in [6, 6.07) is 9.85. The second-order valence-electron chi connectivity index (χ2n) is 8.55. The van der Waals surface area contributed by atoms with Crippen molar-refractivity contribution < 1.29 is 24.2 Å². The second-order valence-corrected chi connectivity index (χ2v) is 8.55. The molecule has 27 heavy (non-hydrogen) atoms. The zero-order valence-electron chi connectivity index (χ0n) is 16.7. The lowest BCUT2D eigenvalue weighted by atomic mass is 9.77. The monoisotopic (exact) mass is 376 g/mol. The van der Waals surface area contributed by atoms with Crippen LogP contribution >= 0.6 is 0 Å². The molecule has 0 spiro atoms. The number of carboxylic acids is 1.